The molecule has 6 nitrogen and oxygen atoms in total. The van der Waals surface area contributed by atoms with Crippen molar-refractivity contribution >= 4 is 27.5 Å². The molecule has 0 atom stereocenters. The van der Waals surface area contributed by atoms with Crippen molar-refractivity contribution in [1.82, 2.24) is 15.1 Å². The summed E-state index contributed by atoms with van der Waals surface area (Å²) in [6, 6.07) is 0. The molecule has 1 fully saturated rings. The average molecular weight is 329 g/mol. The lowest BCUT2D eigenvalue weighted by molar-refractivity contribution is -0.118. The fraction of sp³-hybridized carbons (Fsp3) is 0.583. The average Bonchev–Trinajstić information content (AvgIpc) is 2.35. The Morgan fingerprint density at radius 3 is 2.89 bits per heavy atom. The van der Waals surface area contributed by atoms with Crippen LogP contribution in [0, 0.1) is 5.92 Å². The zero-order chi connectivity index (χ0) is 13.8. The number of anilines is 1. The first-order valence-corrected chi connectivity index (χ1v) is 7.11. The number of rotatable bonds is 5. The molecule has 0 bridgehead atoms. The maximum absolute atomic E-state index is 12.2. The lowest BCUT2D eigenvalue weighted by atomic mass is 9.85. The quantitative estimate of drug-likeness (QED) is 0.844. The van der Waals surface area contributed by atoms with E-state index in [0.717, 1.165) is 12.8 Å². The zero-order valence-electron chi connectivity index (χ0n) is 10.8. The molecule has 0 unspecified atom stereocenters. The van der Waals surface area contributed by atoms with Gasteiger partial charge in [0.2, 0.25) is 5.91 Å². The van der Waals surface area contributed by atoms with Gasteiger partial charge in [-0.1, -0.05) is 6.42 Å². The van der Waals surface area contributed by atoms with Crippen LogP contribution in [0.25, 0.3) is 0 Å². The van der Waals surface area contributed by atoms with Gasteiger partial charge in [0.25, 0.3) is 5.56 Å². The van der Waals surface area contributed by atoms with Crippen molar-refractivity contribution in [3.8, 4) is 0 Å². The fourth-order valence-corrected chi connectivity index (χ4v) is 2.34. The van der Waals surface area contributed by atoms with E-state index in [9.17, 15) is 9.59 Å². The van der Waals surface area contributed by atoms with Crippen LogP contribution in [0.3, 0.4) is 0 Å². The molecule has 1 saturated carbocycles. The number of aromatic nitrogens is 2. The Balaban J connectivity index is 2.14. The minimum absolute atomic E-state index is 0.0672. The second-order valence-electron chi connectivity index (χ2n) is 4.68. The summed E-state index contributed by atoms with van der Waals surface area (Å²) in [5.41, 5.74) is 0.197. The van der Waals surface area contributed by atoms with Gasteiger partial charge in [0.1, 0.15) is 5.69 Å². The number of nitrogens with zero attached hydrogens (tertiary/aromatic N) is 2. The summed E-state index contributed by atoms with van der Waals surface area (Å²) in [6.45, 7) is 0.721. The number of nitrogens with one attached hydrogen (secondary N) is 2. The van der Waals surface area contributed by atoms with Gasteiger partial charge in [-0.15, -0.1) is 0 Å². The third kappa shape index (κ3) is 3.34. The van der Waals surface area contributed by atoms with Crippen molar-refractivity contribution in [3.63, 3.8) is 0 Å². The molecule has 0 aromatic carbocycles. The van der Waals surface area contributed by atoms with Gasteiger partial charge in [-0.25, -0.2) is 4.68 Å². The molecule has 1 aromatic heterocycles. The summed E-state index contributed by atoms with van der Waals surface area (Å²) in [5.74, 6) is 0.381. The largest absolute Gasteiger partial charge is 0.371 e. The number of likely N-dealkylation sites (N-methyl/N-ethyl adjacent to an activating group) is 1. The summed E-state index contributed by atoms with van der Waals surface area (Å²) in [5, 5.41) is 9.47. The van der Waals surface area contributed by atoms with Crippen LogP contribution in [0.15, 0.2) is 15.5 Å². The number of halogens is 1. The summed E-state index contributed by atoms with van der Waals surface area (Å²) in [4.78, 5) is 23.5. The van der Waals surface area contributed by atoms with Gasteiger partial charge in [-0.3, -0.25) is 9.59 Å². The Morgan fingerprint density at radius 2 is 2.32 bits per heavy atom. The zero-order valence-corrected chi connectivity index (χ0v) is 12.4. The number of hydrogen-bond donors (Lipinski definition) is 2. The van der Waals surface area contributed by atoms with Crippen LogP contribution < -0.4 is 16.2 Å². The second-order valence-corrected chi connectivity index (χ2v) is 5.53. The molecule has 0 aliphatic heterocycles. The smallest absolute Gasteiger partial charge is 0.291 e. The molecule has 2 N–H and O–H groups in total. The maximum atomic E-state index is 12.2. The Kier molecular flexibility index (Phi) is 4.57. The standard InChI is InChI=1S/C12H17BrN4O2/c1-14-10(18)6-15-11-9(13)5-16-17(12(11)19)7-8-3-2-4-8/h5,8,15H,2-4,6-7H2,1H3,(H,14,18). The van der Waals surface area contributed by atoms with Gasteiger partial charge in [0, 0.05) is 13.6 Å². The van der Waals surface area contributed by atoms with Crippen molar-refractivity contribution in [2.45, 2.75) is 25.8 Å². The molecule has 1 heterocycles. The van der Waals surface area contributed by atoms with Crippen LogP contribution in [-0.2, 0) is 11.3 Å². The number of carbonyl (C=O) groups excluding carboxylic acids is 1. The monoisotopic (exact) mass is 328 g/mol. The van der Waals surface area contributed by atoms with Crippen LogP contribution in [-0.4, -0.2) is 29.3 Å². The molecule has 1 aliphatic rings. The highest BCUT2D eigenvalue weighted by Gasteiger charge is 2.20. The Bertz CT molecular complexity index is 525. The molecule has 7 heteroatoms. The topological polar surface area (TPSA) is 76.0 Å². The number of hydrogen-bond acceptors (Lipinski definition) is 4. The van der Waals surface area contributed by atoms with Crippen LogP contribution in [0.5, 0.6) is 0 Å². The lowest BCUT2D eigenvalue weighted by Crippen LogP contribution is -2.33. The van der Waals surface area contributed by atoms with Gasteiger partial charge in [-0.05, 0) is 34.7 Å². The highest BCUT2D eigenvalue weighted by Crippen LogP contribution is 2.27. The SMILES string of the molecule is CNC(=O)CNc1c(Br)cnn(CC2CCC2)c1=O. The van der Waals surface area contributed by atoms with Crippen molar-refractivity contribution in [2.75, 3.05) is 18.9 Å². The van der Waals surface area contributed by atoms with Crippen molar-refractivity contribution in [2.24, 2.45) is 5.92 Å². The normalized spacial score (nSPS) is 14.8. The van der Waals surface area contributed by atoms with Crippen molar-refractivity contribution in [3.05, 3.63) is 21.0 Å². The minimum Gasteiger partial charge on any atom is -0.371 e. The highest BCUT2D eigenvalue weighted by molar-refractivity contribution is 9.10. The summed E-state index contributed by atoms with van der Waals surface area (Å²) < 4.78 is 2.05. The third-order valence-corrected chi connectivity index (χ3v) is 3.96. The predicted octanol–water partition coefficient (Wildman–Crippen LogP) is 0.964. The van der Waals surface area contributed by atoms with E-state index >= 15 is 0 Å². The third-order valence-electron chi connectivity index (χ3n) is 3.36. The van der Waals surface area contributed by atoms with E-state index in [1.165, 1.54) is 11.1 Å². The second kappa shape index (κ2) is 6.18. The fourth-order valence-electron chi connectivity index (χ4n) is 1.94. The molecule has 104 valence electrons. The van der Waals surface area contributed by atoms with Gasteiger partial charge >= 0.3 is 0 Å². The predicted molar refractivity (Wildman–Crippen MR) is 76.1 cm³/mol. The highest BCUT2D eigenvalue weighted by atomic mass is 79.9. The molecule has 0 radical (unpaired) electrons. The van der Waals surface area contributed by atoms with E-state index in [1.54, 1.807) is 13.2 Å². The molecular weight excluding hydrogens is 312 g/mol. The maximum Gasteiger partial charge on any atom is 0.291 e. The van der Waals surface area contributed by atoms with E-state index in [1.807, 2.05) is 0 Å². The van der Waals surface area contributed by atoms with Crippen molar-refractivity contribution < 1.29 is 4.79 Å². The van der Waals surface area contributed by atoms with E-state index in [0.29, 0.717) is 22.6 Å². The van der Waals surface area contributed by atoms with Crippen LogP contribution in [0.4, 0.5) is 5.69 Å². The summed E-state index contributed by atoms with van der Waals surface area (Å²) >= 11 is 3.28. The molecule has 1 aliphatic carbocycles. The minimum atomic E-state index is -0.190. The van der Waals surface area contributed by atoms with Gasteiger partial charge < -0.3 is 10.6 Å². The van der Waals surface area contributed by atoms with E-state index < -0.39 is 0 Å². The van der Waals surface area contributed by atoms with Crippen molar-refractivity contribution in [1.29, 1.82) is 0 Å². The Hall–Kier alpha value is -1.37. The summed E-state index contributed by atoms with van der Waals surface area (Å²) in [7, 11) is 1.56. The molecule has 2 rings (SSSR count). The van der Waals surface area contributed by atoms with Crippen LogP contribution >= 0.6 is 15.9 Å². The van der Waals surface area contributed by atoms with E-state index in [4.69, 9.17) is 0 Å². The molecule has 1 aromatic rings. The Labute approximate surface area is 119 Å². The first-order valence-electron chi connectivity index (χ1n) is 6.32. The molecule has 0 saturated heterocycles. The molecule has 0 spiro atoms. The molecular formula is C12H17BrN4O2. The van der Waals surface area contributed by atoms with Gasteiger partial charge in [0.05, 0.1) is 17.2 Å². The van der Waals surface area contributed by atoms with E-state index in [-0.39, 0.29) is 18.0 Å². The van der Waals surface area contributed by atoms with Gasteiger partial charge in [-0.2, -0.15) is 5.10 Å². The first kappa shape index (κ1) is 14.0. The van der Waals surface area contributed by atoms with Gasteiger partial charge in [0.15, 0.2) is 0 Å². The van der Waals surface area contributed by atoms with Crippen LogP contribution in [0.2, 0.25) is 0 Å². The van der Waals surface area contributed by atoms with Crippen LogP contribution in [0.1, 0.15) is 19.3 Å². The lowest BCUT2D eigenvalue weighted by Gasteiger charge is -2.25. The first-order chi connectivity index (χ1) is 9.11. The molecule has 19 heavy (non-hydrogen) atoms. The number of carbonyl (C=O) groups is 1. The molecule has 1 amide bonds. The van der Waals surface area contributed by atoms with E-state index in [2.05, 4.69) is 31.7 Å². The Morgan fingerprint density at radius 1 is 1.58 bits per heavy atom. The number of amides is 1. The summed E-state index contributed by atoms with van der Waals surface area (Å²) in [6.07, 6.45) is 5.14.